The molecule has 13 nitrogen and oxygen atoms in total. The van der Waals surface area contributed by atoms with Crippen LogP contribution in [0.15, 0.2) is 54.6 Å². The number of nitrogens with zero attached hydrogens (tertiary/aromatic N) is 3. The van der Waals surface area contributed by atoms with Crippen molar-refractivity contribution in [3.05, 3.63) is 65.7 Å². The summed E-state index contributed by atoms with van der Waals surface area (Å²) in [6.07, 6.45) is -0.878. The van der Waals surface area contributed by atoms with Crippen LogP contribution in [-0.4, -0.2) is 109 Å². The zero-order valence-electron chi connectivity index (χ0n) is 31.4. The lowest BCUT2D eigenvalue weighted by Crippen LogP contribution is -2.59. The summed E-state index contributed by atoms with van der Waals surface area (Å²) >= 11 is 0. The van der Waals surface area contributed by atoms with E-state index in [0.717, 1.165) is 16.9 Å². The molecule has 0 fully saturated rings. The predicted octanol–water partition coefficient (Wildman–Crippen LogP) is 3.23. The molecule has 50 heavy (non-hydrogen) atoms. The fourth-order valence-electron chi connectivity index (χ4n) is 4.92. The number of hydrogen-bond acceptors (Lipinski definition) is 7. The number of ether oxygens (including phenoxy) is 1. The first-order valence-corrected chi connectivity index (χ1v) is 17.2. The topological polar surface area (TPSA) is 156 Å². The van der Waals surface area contributed by atoms with Gasteiger partial charge in [-0.3, -0.25) is 15.0 Å². The molecule has 2 aromatic carbocycles. The maximum Gasteiger partial charge on any atom is 0.317 e. The Morgan fingerprint density at radius 2 is 1.22 bits per heavy atom. The van der Waals surface area contributed by atoms with E-state index in [-0.39, 0.29) is 31.3 Å². The summed E-state index contributed by atoms with van der Waals surface area (Å²) in [6, 6.07) is 13.6. The van der Waals surface area contributed by atoms with Crippen LogP contribution in [0.5, 0.6) is 5.75 Å². The molecule has 0 aliphatic carbocycles. The summed E-state index contributed by atoms with van der Waals surface area (Å²) in [4.78, 5) is 55.1. The van der Waals surface area contributed by atoms with E-state index in [4.69, 9.17) is 4.74 Å². The third kappa shape index (κ3) is 14.2. The Labute approximate surface area is 298 Å². The fraction of sp³-hybridized carbons (Fsp3) is 0.568. The van der Waals surface area contributed by atoms with Gasteiger partial charge in [0, 0.05) is 41.3 Å². The highest BCUT2D eigenvalue weighted by Gasteiger charge is 2.32. The van der Waals surface area contributed by atoms with Gasteiger partial charge in [0.2, 0.25) is 5.91 Å². The van der Waals surface area contributed by atoms with Gasteiger partial charge in [-0.2, -0.15) is 0 Å². The molecule has 2 rings (SSSR count). The lowest BCUT2D eigenvalue weighted by atomic mass is 9.98. The minimum Gasteiger partial charge on any atom is -0.493 e. The molecular formula is C37H59N7O6. The SMILES string of the molecule is CC(C)COc1ccc(CN(CC(O)C(Cc2ccccc2)NC(=O)[C@@H](NC(=O)N(C)C)C(C)C)NC(=O)[C@@H](NC(=O)N(C)C)C(C)C)cc1. The highest BCUT2D eigenvalue weighted by atomic mass is 16.5. The zero-order valence-corrected chi connectivity index (χ0v) is 31.4. The molecule has 5 N–H and O–H groups in total. The number of carbonyl (C=O) groups excluding carboxylic acids is 4. The van der Waals surface area contributed by atoms with E-state index < -0.39 is 48.1 Å². The smallest absolute Gasteiger partial charge is 0.317 e. The molecule has 0 saturated heterocycles. The molecule has 0 radical (unpaired) electrons. The normalized spacial score (nSPS) is 13.7. The molecule has 4 atom stereocenters. The summed E-state index contributed by atoms with van der Waals surface area (Å²) in [5, 5.41) is 21.9. The molecule has 278 valence electrons. The maximum atomic E-state index is 13.7. The number of benzene rings is 2. The number of aliphatic hydroxyl groups excluding tert-OH is 1. The highest BCUT2D eigenvalue weighted by molar-refractivity contribution is 5.88. The zero-order chi connectivity index (χ0) is 37.5. The number of rotatable bonds is 18. The van der Waals surface area contributed by atoms with E-state index in [0.29, 0.717) is 12.5 Å². The van der Waals surface area contributed by atoms with Crippen molar-refractivity contribution in [2.75, 3.05) is 41.3 Å². The molecule has 0 heterocycles. The van der Waals surface area contributed by atoms with Crippen molar-refractivity contribution in [1.82, 2.24) is 36.2 Å². The lowest BCUT2D eigenvalue weighted by molar-refractivity contribution is -0.131. The summed E-state index contributed by atoms with van der Waals surface area (Å²) in [5.41, 5.74) is 4.64. The second kappa shape index (κ2) is 20.3. The first kappa shape index (κ1) is 41.8. The fourth-order valence-corrected chi connectivity index (χ4v) is 4.92. The van der Waals surface area contributed by atoms with Gasteiger partial charge in [-0.1, -0.05) is 84.0 Å². The molecule has 2 unspecified atom stereocenters. The largest absolute Gasteiger partial charge is 0.493 e. The molecule has 0 aliphatic heterocycles. The number of amides is 6. The van der Waals surface area contributed by atoms with Crippen LogP contribution in [0.3, 0.4) is 0 Å². The van der Waals surface area contributed by atoms with E-state index >= 15 is 0 Å². The van der Waals surface area contributed by atoms with E-state index in [1.165, 1.54) is 9.80 Å². The number of nitrogens with one attached hydrogen (secondary N) is 4. The lowest BCUT2D eigenvalue weighted by Gasteiger charge is -2.33. The van der Waals surface area contributed by atoms with E-state index in [1.807, 2.05) is 82.3 Å². The van der Waals surface area contributed by atoms with Crippen molar-refractivity contribution in [1.29, 1.82) is 0 Å². The molecule has 13 heteroatoms. The van der Waals surface area contributed by atoms with Gasteiger partial charge in [0.05, 0.1) is 18.8 Å². The van der Waals surface area contributed by atoms with E-state index in [9.17, 15) is 24.3 Å². The first-order chi connectivity index (χ1) is 23.5. The van der Waals surface area contributed by atoms with Crippen LogP contribution in [0.1, 0.15) is 52.7 Å². The minimum absolute atomic E-state index is 0.0715. The van der Waals surface area contributed by atoms with E-state index in [1.54, 1.807) is 33.2 Å². The Morgan fingerprint density at radius 3 is 1.70 bits per heavy atom. The maximum absolute atomic E-state index is 13.7. The van der Waals surface area contributed by atoms with Gasteiger partial charge >= 0.3 is 12.1 Å². The van der Waals surface area contributed by atoms with Gasteiger partial charge in [-0.25, -0.2) is 14.6 Å². The Morgan fingerprint density at radius 1 is 0.700 bits per heavy atom. The van der Waals surface area contributed by atoms with Gasteiger partial charge in [-0.15, -0.1) is 0 Å². The van der Waals surface area contributed by atoms with Crippen LogP contribution in [-0.2, 0) is 22.6 Å². The van der Waals surface area contributed by atoms with Crippen LogP contribution < -0.4 is 26.1 Å². The summed E-state index contributed by atoms with van der Waals surface area (Å²) in [7, 11) is 6.38. The second-order valence-corrected chi connectivity index (χ2v) is 14.2. The summed E-state index contributed by atoms with van der Waals surface area (Å²) < 4.78 is 5.83. The molecule has 2 aromatic rings. The van der Waals surface area contributed by atoms with E-state index in [2.05, 4.69) is 35.2 Å². The molecule has 0 aromatic heterocycles. The molecular weight excluding hydrogens is 638 g/mol. The van der Waals surface area contributed by atoms with Crippen molar-refractivity contribution in [3.8, 4) is 5.75 Å². The van der Waals surface area contributed by atoms with Crippen molar-refractivity contribution in [2.24, 2.45) is 17.8 Å². The Balaban J connectivity index is 2.42. The number of hydrazine groups is 1. The molecule has 0 bridgehead atoms. The van der Waals surface area contributed by atoms with Gasteiger partial charge < -0.3 is 35.6 Å². The van der Waals surface area contributed by atoms with Gasteiger partial charge in [0.25, 0.3) is 5.91 Å². The monoisotopic (exact) mass is 697 g/mol. The average molecular weight is 698 g/mol. The first-order valence-electron chi connectivity index (χ1n) is 17.2. The van der Waals surface area contributed by atoms with Crippen LogP contribution in [0.4, 0.5) is 9.59 Å². The van der Waals surface area contributed by atoms with Crippen LogP contribution in [0.25, 0.3) is 0 Å². The van der Waals surface area contributed by atoms with Gasteiger partial charge in [0.15, 0.2) is 0 Å². The Hall–Kier alpha value is -4.36. The van der Waals surface area contributed by atoms with Crippen molar-refractivity contribution in [3.63, 3.8) is 0 Å². The van der Waals surface area contributed by atoms with Crippen molar-refractivity contribution >= 4 is 23.9 Å². The predicted molar refractivity (Wildman–Crippen MR) is 195 cm³/mol. The van der Waals surface area contributed by atoms with Crippen LogP contribution >= 0.6 is 0 Å². The van der Waals surface area contributed by atoms with Crippen molar-refractivity contribution in [2.45, 2.75) is 78.7 Å². The third-order valence-electron chi connectivity index (χ3n) is 7.92. The number of hydrogen-bond donors (Lipinski definition) is 5. The highest BCUT2D eigenvalue weighted by Crippen LogP contribution is 2.16. The third-order valence-corrected chi connectivity index (χ3v) is 7.92. The second-order valence-electron chi connectivity index (χ2n) is 14.2. The van der Waals surface area contributed by atoms with Crippen LogP contribution in [0.2, 0.25) is 0 Å². The number of urea groups is 2. The number of carbonyl (C=O) groups is 4. The Bertz CT molecular complexity index is 1350. The summed E-state index contributed by atoms with van der Waals surface area (Å²) in [5.74, 6) is -0.270. The van der Waals surface area contributed by atoms with Crippen molar-refractivity contribution < 1.29 is 29.0 Å². The van der Waals surface area contributed by atoms with Gasteiger partial charge in [-0.05, 0) is 47.4 Å². The molecule has 0 aliphatic rings. The quantitative estimate of drug-likeness (QED) is 0.150. The van der Waals surface area contributed by atoms with Gasteiger partial charge in [0.1, 0.15) is 17.8 Å². The standard InChI is InChI=1S/C37H59N7O6/c1-24(2)23-50-29-18-16-28(17-19-29)21-44(41-35(47)33(26(5)6)40-37(49)43(9)10)22-31(45)30(20-27-14-12-11-13-15-27)38-34(46)32(25(3)4)39-36(48)42(7)8/h11-19,24-26,30-33,45H,20-23H2,1-10H3,(H,38,46)(H,39,48)(H,40,49)(H,41,47)/t30?,31?,32-,33-/m0/s1. The molecule has 0 spiro atoms. The summed E-state index contributed by atoms with van der Waals surface area (Å²) in [6.45, 7) is 12.2. The Kier molecular flexibility index (Phi) is 17.0. The minimum atomic E-state index is -1.17. The average Bonchev–Trinajstić information content (AvgIpc) is 3.04. The van der Waals surface area contributed by atoms with Crippen LogP contribution in [0, 0.1) is 17.8 Å². The molecule has 6 amide bonds. The number of aliphatic hydroxyl groups is 1. The molecule has 0 saturated carbocycles.